The van der Waals surface area contributed by atoms with Gasteiger partial charge in [-0.15, -0.1) is 0 Å². The lowest BCUT2D eigenvalue weighted by molar-refractivity contribution is -0.203. The zero-order valence-corrected chi connectivity index (χ0v) is 8.13. The van der Waals surface area contributed by atoms with Gasteiger partial charge in [-0.05, 0) is 12.8 Å². The summed E-state index contributed by atoms with van der Waals surface area (Å²) in [6, 6.07) is 0. The van der Waals surface area contributed by atoms with E-state index in [1.165, 1.54) is 0 Å². The van der Waals surface area contributed by atoms with Gasteiger partial charge in [0.15, 0.2) is 0 Å². The number of hydrogen-bond acceptors (Lipinski definition) is 3. The number of ketones is 1. The van der Waals surface area contributed by atoms with Crippen LogP contribution in [0.15, 0.2) is 0 Å². The standard InChI is InChI=1S/C9H11F3O3/c1-15-8(14)7-5(9(10,11)12)3-2-4-6(7)13/h5,7H,2-4H2,1H3. The van der Waals surface area contributed by atoms with Crippen molar-refractivity contribution in [3.05, 3.63) is 0 Å². The van der Waals surface area contributed by atoms with E-state index >= 15 is 0 Å². The molecule has 1 saturated carbocycles. The molecular weight excluding hydrogens is 213 g/mol. The first kappa shape index (κ1) is 12.0. The third kappa shape index (κ3) is 2.49. The van der Waals surface area contributed by atoms with E-state index in [-0.39, 0.29) is 19.3 Å². The van der Waals surface area contributed by atoms with Crippen LogP contribution in [-0.4, -0.2) is 25.0 Å². The van der Waals surface area contributed by atoms with Crippen molar-refractivity contribution in [2.75, 3.05) is 7.11 Å². The third-order valence-corrected chi connectivity index (χ3v) is 2.56. The number of Topliss-reactive ketones (excluding diaryl/α,β-unsaturated/α-hetero) is 1. The first-order valence-corrected chi connectivity index (χ1v) is 4.55. The van der Waals surface area contributed by atoms with Gasteiger partial charge in [0.2, 0.25) is 0 Å². The molecule has 6 heteroatoms. The zero-order chi connectivity index (χ0) is 11.6. The van der Waals surface area contributed by atoms with Crippen molar-refractivity contribution in [3.8, 4) is 0 Å². The van der Waals surface area contributed by atoms with Gasteiger partial charge in [0.1, 0.15) is 11.7 Å². The molecule has 0 N–H and O–H groups in total. The van der Waals surface area contributed by atoms with Gasteiger partial charge >= 0.3 is 12.1 Å². The Labute approximate surface area is 84.6 Å². The van der Waals surface area contributed by atoms with Gasteiger partial charge in [0, 0.05) is 6.42 Å². The summed E-state index contributed by atoms with van der Waals surface area (Å²) in [6.07, 6.45) is -4.51. The SMILES string of the molecule is COC(=O)C1C(=O)CCCC1C(F)(F)F. The Bertz CT molecular complexity index is 264. The molecule has 0 saturated heterocycles. The third-order valence-electron chi connectivity index (χ3n) is 2.56. The minimum Gasteiger partial charge on any atom is -0.468 e. The van der Waals surface area contributed by atoms with Crippen LogP contribution in [0.2, 0.25) is 0 Å². The minimum atomic E-state index is -4.52. The molecule has 15 heavy (non-hydrogen) atoms. The summed E-state index contributed by atoms with van der Waals surface area (Å²) in [5, 5.41) is 0. The molecule has 0 aromatic carbocycles. The molecule has 0 bridgehead atoms. The highest BCUT2D eigenvalue weighted by molar-refractivity contribution is 5.99. The van der Waals surface area contributed by atoms with Crippen molar-refractivity contribution in [2.24, 2.45) is 11.8 Å². The van der Waals surface area contributed by atoms with Crippen LogP contribution >= 0.6 is 0 Å². The van der Waals surface area contributed by atoms with E-state index in [0.717, 1.165) is 7.11 Å². The number of hydrogen-bond donors (Lipinski definition) is 0. The summed E-state index contributed by atoms with van der Waals surface area (Å²) >= 11 is 0. The molecule has 1 aliphatic carbocycles. The second-order valence-electron chi connectivity index (χ2n) is 3.51. The van der Waals surface area contributed by atoms with E-state index in [0.29, 0.717) is 0 Å². The molecule has 1 rings (SSSR count). The predicted molar refractivity (Wildman–Crippen MR) is 43.9 cm³/mol. The number of rotatable bonds is 1. The molecule has 0 aliphatic heterocycles. The van der Waals surface area contributed by atoms with E-state index in [1.54, 1.807) is 0 Å². The summed E-state index contributed by atoms with van der Waals surface area (Å²) in [4.78, 5) is 22.3. The fourth-order valence-corrected chi connectivity index (χ4v) is 1.82. The van der Waals surface area contributed by atoms with Crippen molar-refractivity contribution in [3.63, 3.8) is 0 Å². The Kier molecular flexibility index (Phi) is 3.36. The first-order valence-electron chi connectivity index (χ1n) is 4.55. The van der Waals surface area contributed by atoms with Crippen LogP contribution in [0.3, 0.4) is 0 Å². The van der Waals surface area contributed by atoms with E-state index in [2.05, 4.69) is 4.74 Å². The van der Waals surface area contributed by atoms with Gasteiger partial charge in [-0.25, -0.2) is 0 Å². The lowest BCUT2D eigenvalue weighted by Gasteiger charge is -2.29. The van der Waals surface area contributed by atoms with Gasteiger partial charge in [0.05, 0.1) is 13.0 Å². The fraction of sp³-hybridized carbons (Fsp3) is 0.778. The average molecular weight is 224 g/mol. The second-order valence-corrected chi connectivity index (χ2v) is 3.51. The van der Waals surface area contributed by atoms with Crippen molar-refractivity contribution in [1.29, 1.82) is 0 Å². The van der Waals surface area contributed by atoms with Crippen LogP contribution in [0.25, 0.3) is 0 Å². The number of methoxy groups -OCH3 is 1. The smallest absolute Gasteiger partial charge is 0.393 e. The fourth-order valence-electron chi connectivity index (χ4n) is 1.82. The van der Waals surface area contributed by atoms with Gasteiger partial charge < -0.3 is 4.74 Å². The van der Waals surface area contributed by atoms with Crippen molar-refractivity contribution >= 4 is 11.8 Å². The molecule has 1 fully saturated rings. The molecule has 86 valence electrons. The zero-order valence-electron chi connectivity index (χ0n) is 8.13. The average Bonchev–Trinajstić information content (AvgIpc) is 2.15. The molecule has 0 spiro atoms. The summed E-state index contributed by atoms with van der Waals surface area (Å²) in [5.74, 6) is -5.30. The van der Waals surface area contributed by atoms with E-state index < -0.39 is 29.8 Å². The minimum absolute atomic E-state index is 0.0202. The number of carbonyl (C=O) groups excluding carboxylic acids is 2. The maximum Gasteiger partial charge on any atom is 0.393 e. The highest BCUT2D eigenvalue weighted by Gasteiger charge is 2.52. The molecule has 0 amide bonds. The highest BCUT2D eigenvalue weighted by Crippen LogP contribution is 2.40. The molecule has 0 aromatic rings. The Morgan fingerprint density at radius 2 is 2.07 bits per heavy atom. The maximum absolute atomic E-state index is 12.5. The molecule has 1 aliphatic rings. The Morgan fingerprint density at radius 1 is 1.47 bits per heavy atom. The van der Waals surface area contributed by atoms with Crippen LogP contribution in [0.5, 0.6) is 0 Å². The Hall–Kier alpha value is -1.07. The summed E-state index contributed by atoms with van der Waals surface area (Å²) in [6.45, 7) is 0. The Balaban J connectivity index is 2.92. The summed E-state index contributed by atoms with van der Waals surface area (Å²) < 4.78 is 41.7. The van der Waals surface area contributed by atoms with E-state index in [4.69, 9.17) is 0 Å². The highest BCUT2D eigenvalue weighted by atomic mass is 19.4. The molecule has 2 atom stereocenters. The number of alkyl halides is 3. The molecule has 0 aromatic heterocycles. The summed E-state index contributed by atoms with van der Waals surface area (Å²) in [5.41, 5.74) is 0. The topological polar surface area (TPSA) is 43.4 Å². The molecular formula is C9H11F3O3. The van der Waals surface area contributed by atoms with Gasteiger partial charge in [-0.3, -0.25) is 9.59 Å². The number of esters is 1. The van der Waals surface area contributed by atoms with Gasteiger partial charge in [0.25, 0.3) is 0 Å². The van der Waals surface area contributed by atoms with E-state index in [1.807, 2.05) is 0 Å². The normalized spacial score (nSPS) is 27.6. The molecule has 0 radical (unpaired) electrons. The number of carbonyl (C=O) groups is 2. The lowest BCUT2D eigenvalue weighted by Crippen LogP contribution is -2.42. The summed E-state index contributed by atoms with van der Waals surface area (Å²) in [7, 11) is 0.984. The monoisotopic (exact) mass is 224 g/mol. The van der Waals surface area contributed by atoms with Crippen LogP contribution in [0.1, 0.15) is 19.3 Å². The van der Waals surface area contributed by atoms with Crippen molar-refractivity contribution in [2.45, 2.75) is 25.4 Å². The molecule has 3 nitrogen and oxygen atoms in total. The Morgan fingerprint density at radius 3 is 2.53 bits per heavy atom. The number of ether oxygens (including phenoxy) is 1. The largest absolute Gasteiger partial charge is 0.468 e. The lowest BCUT2D eigenvalue weighted by atomic mass is 9.78. The van der Waals surface area contributed by atoms with Crippen LogP contribution in [0, 0.1) is 11.8 Å². The van der Waals surface area contributed by atoms with Crippen molar-refractivity contribution in [1.82, 2.24) is 0 Å². The second kappa shape index (κ2) is 4.20. The predicted octanol–water partition coefficient (Wildman–Crippen LogP) is 1.71. The van der Waals surface area contributed by atoms with Crippen LogP contribution in [0.4, 0.5) is 13.2 Å². The van der Waals surface area contributed by atoms with Gasteiger partial charge in [-0.1, -0.05) is 0 Å². The molecule has 2 unspecified atom stereocenters. The maximum atomic E-state index is 12.5. The van der Waals surface area contributed by atoms with E-state index in [9.17, 15) is 22.8 Å². The van der Waals surface area contributed by atoms with Crippen LogP contribution in [-0.2, 0) is 14.3 Å². The number of halogens is 3. The van der Waals surface area contributed by atoms with Crippen LogP contribution < -0.4 is 0 Å². The quantitative estimate of drug-likeness (QED) is 0.503. The van der Waals surface area contributed by atoms with Crippen molar-refractivity contribution < 1.29 is 27.5 Å². The van der Waals surface area contributed by atoms with Gasteiger partial charge in [-0.2, -0.15) is 13.2 Å². The first-order chi connectivity index (χ1) is 6.88. The molecule has 0 heterocycles.